The first-order chi connectivity index (χ1) is 25.5. The third-order valence-electron chi connectivity index (χ3n) is 7.71. The van der Waals surface area contributed by atoms with Crippen molar-refractivity contribution in [1.82, 2.24) is 9.97 Å². The molecule has 2 aromatic heterocycles. The molecule has 0 amide bonds. The maximum atomic E-state index is 6.70. The van der Waals surface area contributed by atoms with Crippen LogP contribution < -0.4 is 0 Å². The first-order valence-electron chi connectivity index (χ1n) is 18.6. The van der Waals surface area contributed by atoms with Crippen molar-refractivity contribution in [2.24, 2.45) is 0 Å². The quantitative estimate of drug-likeness (QED) is 0.0296. The number of benzene rings is 2. The Balaban J connectivity index is 1.55. The minimum absolute atomic E-state index is 0.0828. The van der Waals surface area contributed by atoms with E-state index in [9.17, 15) is 0 Å². The van der Waals surface area contributed by atoms with E-state index in [1.807, 2.05) is 33.7 Å². The summed E-state index contributed by atoms with van der Waals surface area (Å²) in [7, 11) is 0.890. The topological polar surface area (TPSA) is 81.2 Å². The van der Waals surface area contributed by atoms with Crippen molar-refractivity contribution in [2.45, 2.75) is 91.1 Å². The molecule has 52 heavy (non-hydrogen) atoms. The Hall–Kier alpha value is -0.186. The minimum atomic E-state index is -3.16. The molecule has 0 aliphatic rings. The van der Waals surface area contributed by atoms with Crippen molar-refractivity contribution >= 4 is 102 Å². The highest BCUT2D eigenvalue weighted by atomic mass is 33.7. The Morgan fingerprint density at radius 1 is 0.500 bits per heavy atom. The molecular formula is C36H56N2O6S6Si2. The number of thiazole rings is 2. The number of rotatable bonds is 29. The zero-order chi connectivity index (χ0) is 37.1. The second kappa shape index (κ2) is 24.4. The van der Waals surface area contributed by atoms with Crippen LogP contribution in [0.3, 0.4) is 0 Å². The summed E-state index contributed by atoms with van der Waals surface area (Å²) in [4.78, 5) is 10.3. The first-order valence-corrected chi connectivity index (χ1v) is 29.0. The smallest absolute Gasteiger partial charge is 0.373 e. The monoisotopic (exact) mass is 860 g/mol. The number of aromatic nitrogens is 2. The van der Waals surface area contributed by atoms with Gasteiger partial charge in [0.1, 0.15) is 10.0 Å². The Bertz CT molecular complexity index is 1340. The van der Waals surface area contributed by atoms with Crippen LogP contribution in [0.5, 0.6) is 0 Å². The van der Waals surface area contributed by atoms with Gasteiger partial charge in [-0.25, -0.2) is 9.97 Å². The zero-order valence-corrected chi connectivity index (χ0v) is 38.4. The van der Waals surface area contributed by atoms with E-state index in [1.165, 1.54) is 9.40 Å². The van der Waals surface area contributed by atoms with Gasteiger partial charge >= 0.3 is 17.6 Å². The van der Waals surface area contributed by atoms with Crippen LogP contribution >= 0.6 is 63.9 Å². The van der Waals surface area contributed by atoms with E-state index in [0.29, 0.717) is 39.6 Å². The summed E-state index contributed by atoms with van der Waals surface area (Å²) in [6.07, 6.45) is 5.38. The van der Waals surface area contributed by atoms with E-state index in [1.54, 1.807) is 42.3 Å². The molecule has 0 aliphatic heterocycles. The molecule has 8 nitrogen and oxygen atoms in total. The maximum absolute atomic E-state index is 6.70. The predicted octanol–water partition coefficient (Wildman–Crippen LogP) is 12.0. The van der Waals surface area contributed by atoms with Crippen molar-refractivity contribution in [1.29, 1.82) is 0 Å². The molecule has 0 spiro atoms. The Morgan fingerprint density at radius 3 is 1.10 bits per heavy atom. The molecule has 0 radical (unpaired) electrons. The van der Waals surface area contributed by atoms with Crippen molar-refractivity contribution < 1.29 is 26.6 Å². The average molecular weight is 861 g/mol. The summed E-state index contributed by atoms with van der Waals surface area (Å²) < 4.78 is 42.5. The summed E-state index contributed by atoms with van der Waals surface area (Å²) in [5.74, 6) is 1.53. The van der Waals surface area contributed by atoms with E-state index in [-0.39, 0.29) is 11.1 Å². The SMILES string of the molecule is CCCO[Si](OCCC)(OCCC)C(CSSSSCC(c1nc2ccccc2s1)[Si](OCCC)(OCCC)OCCC)c1nc2ccccc2s1. The standard InChI is InChI=1S/C36H56N2O6S6Si2/c1-7-21-39-51(40-22-8-2,41-23-9-3)33(35-37-29-17-13-15-19-31(29)47-35)27-45-49-50-46-28-34(36-38-30-18-14-16-20-32(30)48-36)52(42-24-10-4,43-25-11-5)44-26-12-6/h13-20,33-34H,7-12,21-28H2,1-6H3. The zero-order valence-electron chi connectivity index (χ0n) is 31.5. The molecule has 2 aromatic carbocycles. The van der Waals surface area contributed by atoms with E-state index in [0.717, 1.165) is 71.1 Å². The molecule has 0 saturated heterocycles. The van der Waals surface area contributed by atoms with Crippen LogP contribution in [-0.2, 0) is 26.6 Å². The highest BCUT2D eigenvalue weighted by Gasteiger charge is 2.53. The number of fused-ring (bicyclic) bond motifs is 2. The van der Waals surface area contributed by atoms with E-state index in [2.05, 4.69) is 77.9 Å². The van der Waals surface area contributed by atoms with Crippen LogP contribution in [0, 0.1) is 0 Å². The lowest BCUT2D eigenvalue weighted by Gasteiger charge is -2.35. The molecule has 0 aliphatic carbocycles. The molecule has 4 aromatic rings. The maximum Gasteiger partial charge on any atom is 0.512 e. The largest absolute Gasteiger partial charge is 0.512 e. The van der Waals surface area contributed by atoms with Crippen LogP contribution in [0.2, 0.25) is 0 Å². The number of hydrogen-bond donors (Lipinski definition) is 0. The average Bonchev–Trinajstić information content (AvgIpc) is 3.80. The van der Waals surface area contributed by atoms with Crippen molar-refractivity contribution in [2.75, 3.05) is 51.1 Å². The van der Waals surface area contributed by atoms with Gasteiger partial charge in [-0.15, -0.1) is 22.7 Å². The molecule has 0 fully saturated rings. The van der Waals surface area contributed by atoms with Crippen molar-refractivity contribution in [3.63, 3.8) is 0 Å². The van der Waals surface area contributed by atoms with Gasteiger partial charge in [-0.1, -0.05) is 87.4 Å². The second-order valence-corrected chi connectivity index (χ2v) is 25.9. The Labute approximate surface area is 336 Å². The Morgan fingerprint density at radius 2 is 0.808 bits per heavy atom. The van der Waals surface area contributed by atoms with E-state index in [4.69, 9.17) is 36.5 Å². The molecule has 0 saturated carbocycles. The van der Waals surface area contributed by atoms with Gasteiger partial charge < -0.3 is 26.6 Å². The Kier molecular flexibility index (Phi) is 20.9. The van der Waals surface area contributed by atoms with Crippen molar-refractivity contribution in [3.8, 4) is 0 Å². The van der Waals surface area contributed by atoms with Crippen LogP contribution in [0.15, 0.2) is 48.5 Å². The number of nitrogens with zero attached hydrogens (tertiary/aromatic N) is 2. The molecule has 0 N–H and O–H groups in total. The van der Waals surface area contributed by atoms with Gasteiger partial charge in [0.2, 0.25) is 0 Å². The second-order valence-electron chi connectivity index (χ2n) is 12.1. The summed E-state index contributed by atoms with van der Waals surface area (Å²) in [6, 6.07) is 16.7. The number of hydrogen-bond acceptors (Lipinski definition) is 14. The molecule has 16 heteroatoms. The lowest BCUT2D eigenvalue weighted by Crippen LogP contribution is -2.53. The molecule has 290 valence electrons. The van der Waals surface area contributed by atoms with Crippen LogP contribution in [-0.4, -0.2) is 78.7 Å². The van der Waals surface area contributed by atoms with Gasteiger partial charge in [0.25, 0.3) is 0 Å². The third-order valence-corrected chi connectivity index (χ3v) is 23.8. The predicted molar refractivity (Wildman–Crippen MR) is 234 cm³/mol. The van der Waals surface area contributed by atoms with E-state index < -0.39 is 17.6 Å². The molecule has 4 rings (SSSR count). The summed E-state index contributed by atoms with van der Waals surface area (Å²) in [6.45, 7) is 16.4. The molecule has 2 atom stereocenters. The van der Waals surface area contributed by atoms with Crippen molar-refractivity contribution in [3.05, 3.63) is 58.5 Å². The van der Waals surface area contributed by atoms with E-state index >= 15 is 0 Å². The fourth-order valence-corrected chi connectivity index (χ4v) is 22.9. The van der Waals surface area contributed by atoms with Gasteiger partial charge in [0.05, 0.1) is 31.5 Å². The fourth-order valence-electron chi connectivity index (χ4n) is 5.28. The van der Waals surface area contributed by atoms with Gasteiger partial charge in [0.15, 0.2) is 0 Å². The van der Waals surface area contributed by atoms with Gasteiger partial charge in [0, 0.05) is 51.1 Å². The highest BCUT2D eigenvalue weighted by molar-refractivity contribution is 9.26. The summed E-state index contributed by atoms with van der Waals surface area (Å²) in [5, 5.41) is 2.06. The molecular weight excluding hydrogens is 805 g/mol. The van der Waals surface area contributed by atoms with Gasteiger partial charge in [-0.05, 0) is 82.4 Å². The molecule has 2 unspecified atom stereocenters. The molecule has 2 heterocycles. The minimum Gasteiger partial charge on any atom is -0.373 e. The lowest BCUT2D eigenvalue weighted by atomic mass is 10.3. The van der Waals surface area contributed by atoms with Crippen LogP contribution in [0.25, 0.3) is 20.4 Å². The van der Waals surface area contributed by atoms with Gasteiger partial charge in [-0.2, -0.15) is 0 Å². The van der Waals surface area contributed by atoms with Crippen LogP contribution in [0.4, 0.5) is 0 Å². The fraction of sp³-hybridized carbons (Fsp3) is 0.611. The highest BCUT2D eigenvalue weighted by Crippen LogP contribution is 2.49. The number of para-hydroxylation sites is 2. The van der Waals surface area contributed by atoms with Gasteiger partial charge in [-0.3, -0.25) is 0 Å². The van der Waals surface area contributed by atoms with Crippen LogP contribution in [0.1, 0.15) is 101 Å². The summed E-state index contributed by atoms with van der Waals surface area (Å²) in [5.41, 5.74) is 1.85. The lowest BCUT2D eigenvalue weighted by molar-refractivity contribution is 0.0515. The first kappa shape index (κ1) is 44.5. The normalized spacial score (nSPS) is 13.7. The summed E-state index contributed by atoms with van der Waals surface area (Å²) >= 11 is 3.46. The third kappa shape index (κ3) is 12.7. The molecule has 0 bridgehead atoms.